The van der Waals surface area contributed by atoms with Crippen LogP contribution >= 0.6 is 0 Å². The lowest BCUT2D eigenvalue weighted by atomic mass is 9.84. The Kier molecular flexibility index (Phi) is 5.17. The molecule has 0 radical (unpaired) electrons. The predicted molar refractivity (Wildman–Crippen MR) is 106 cm³/mol. The van der Waals surface area contributed by atoms with E-state index in [0.29, 0.717) is 25.1 Å². The molecule has 0 saturated heterocycles. The first-order valence-electron chi connectivity index (χ1n) is 9.96. The van der Waals surface area contributed by atoms with E-state index in [-0.39, 0.29) is 24.1 Å². The molecule has 3 atom stereocenters. The van der Waals surface area contributed by atoms with Gasteiger partial charge in [-0.2, -0.15) is 5.10 Å². The van der Waals surface area contributed by atoms with E-state index in [0.717, 1.165) is 24.1 Å². The van der Waals surface area contributed by atoms with Crippen molar-refractivity contribution in [3.63, 3.8) is 0 Å². The maximum atomic E-state index is 12.5. The highest BCUT2D eigenvalue weighted by Crippen LogP contribution is 2.38. The largest absolute Gasteiger partial charge is 0.393 e. The number of anilines is 1. The number of nitrogens with zero attached hydrogens (tertiary/aromatic N) is 2. The first kappa shape index (κ1) is 18.7. The Morgan fingerprint density at radius 3 is 2.54 bits per heavy atom. The highest BCUT2D eigenvalue weighted by Gasteiger charge is 2.31. The fourth-order valence-corrected chi connectivity index (χ4v) is 3.77. The molecule has 2 fully saturated rings. The molecule has 2 amide bonds. The molecular formula is C21H26N4O3. The van der Waals surface area contributed by atoms with Crippen LogP contribution < -0.4 is 10.6 Å². The summed E-state index contributed by atoms with van der Waals surface area (Å²) >= 11 is 0. The molecule has 3 unspecified atom stereocenters. The van der Waals surface area contributed by atoms with E-state index in [4.69, 9.17) is 0 Å². The van der Waals surface area contributed by atoms with Crippen molar-refractivity contribution in [2.45, 2.75) is 57.2 Å². The first-order valence-corrected chi connectivity index (χ1v) is 9.96. The zero-order chi connectivity index (χ0) is 19.7. The number of hydrogen-bond acceptors (Lipinski definition) is 4. The van der Waals surface area contributed by atoms with Gasteiger partial charge in [-0.15, -0.1) is 0 Å². The molecular weight excluding hydrogens is 356 g/mol. The summed E-state index contributed by atoms with van der Waals surface area (Å²) in [5, 5.41) is 20.0. The van der Waals surface area contributed by atoms with Gasteiger partial charge >= 0.3 is 11.8 Å². The van der Waals surface area contributed by atoms with Crippen molar-refractivity contribution in [3.05, 3.63) is 36.4 Å². The lowest BCUT2D eigenvalue weighted by Gasteiger charge is -2.31. The molecule has 3 N–H and O–H groups in total. The molecule has 2 aliphatic carbocycles. The van der Waals surface area contributed by atoms with E-state index in [1.165, 1.54) is 0 Å². The van der Waals surface area contributed by atoms with Crippen LogP contribution in [-0.4, -0.2) is 38.8 Å². The molecule has 7 heteroatoms. The first-order chi connectivity index (χ1) is 13.5. The van der Waals surface area contributed by atoms with Gasteiger partial charge in [-0.1, -0.05) is 37.3 Å². The van der Waals surface area contributed by atoms with Gasteiger partial charge in [0, 0.05) is 17.7 Å². The number of aliphatic hydroxyl groups excluding tert-OH is 1. The van der Waals surface area contributed by atoms with Crippen LogP contribution in [0.2, 0.25) is 0 Å². The number of carbonyl (C=O) groups is 2. The van der Waals surface area contributed by atoms with Gasteiger partial charge in [0.1, 0.15) is 5.82 Å². The Hall–Kier alpha value is -2.67. The number of nitrogens with one attached hydrogen (secondary N) is 2. The fraction of sp³-hybridized carbons (Fsp3) is 0.476. The van der Waals surface area contributed by atoms with Crippen molar-refractivity contribution < 1.29 is 14.7 Å². The van der Waals surface area contributed by atoms with Gasteiger partial charge in [0.15, 0.2) is 0 Å². The van der Waals surface area contributed by atoms with Crippen molar-refractivity contribution >= 4 is 17.6 Å². The Balaban J connectivity index is 1.44. The summed E-state index contributed by atoms with van der Waals surface area (Å²) < 4.78 is 1.81. The summed E-state index contributed by atoms with van der Waals surface area (Å²) in [7, 11) is 0. The second kappa shape index (κ2) is 7.75. The zero-order valence-corrected chi connectivity index (χ0v) is 16.0. The highest BCUT2D eigenvalue weighted by atomic mass is 16.3. The number of rotatable bonds is 4. The normalized spacial score (nSPS) is 24.6. The van der Waals surface area contributed by atoms with Crippen LogP contribution in [0.4, 0.5) is 5.82 Å². The molecule has 1 heterocycles. The third kappa shape index (κ3) is 4.09. The predicted octanol–water partition coefficient (Wildman–Crippen LogP) is 2.49. The van der Waals surface area contributed by atoms with Gasteiger partial charge in [-0.3, -0.25) is 9.59 Å². The molecule has 0 bridgehead atoms. The standard InChI is InChI=1S/C21H26N4O3/c1-13-11-15(7-10-18(13)26)22-20(27)21(28)23-19-12-17(14-5-3-2-4-6-14)24-25(19)16-8-9-16/h2-6,12-13,15-16,18,26H,7-11H2,1H3,(H,22,27)(H,23,28). The monoisotopic (exact) mass is 382 g/mol. The highest BCUT2D eigenvalue weighted by molar-refractivity contribution is 6.39. The van der Waals surface area contributed by atoms with E-state index in [1.807, 2.05) is 48.0 Å². The van der Waals surface area contributed by atoms with E-state index in [2.05, 4.69) is 15.7 Å². The Labute approximate surface area is 164 Å². The van der Waals surface area contributed by atoms with Crippen molar-refractivity contribution in [2.24, 2.45) is 5.92 Å². The lowest BCUT2D eigenvalue weighted by molar-refractivity contribution is -0.137. The summed E-state index contributed by atoms with van der Waals surface area (Å²) in [5.74, 6) is -0.653. The number of carbonyl (C=O) groups excluding carboxylic acids is 2. The Bertz CT molecular complexity index is 860. The SMILES string of the molecule is CC1CC(NC(=O)C(=O)Nc2cc(-c3ccccc3)nn2C2CC2)CCC1O. The van der Waals surface area contributed by atoms with E-state index < -0.39 is 11.8 Å². The van der Waals surface area contributed by atoms with Gasteiger partial charge in [0.05, 0.1) is 17.8 Å². The van der Waals surface area contributed by atoms with Crippen LogP contribution in [0.3, 0.4) is 0 Å². The second-order valence-electron chi connectivity index (χ2n) is 7.94. The smallest absolute Gasteiger partial charge is 0.314 e. The lowest BCUT2D eigenvalue weighted by Crippen LogP contribution is -2.45. The molecule has 2 aromatic rings. The van der Waals surface area contributed by atoms with Crippen LogP contribution in [-0.2, 0) is 9.59 Å². The van der Waals surface area contributed by atoms with Crippen molar-refractivity contribution in [1.82, 2.24) is 15.1 Å². The minimum absolute atomic E-state index is 0.0788. The average molecular weight is 382 g/mol. The number of aromatic nitrogens is 2. The molecule has 0 aliphatic heterocycles. The van der Waals surface area contributed by atoms with Gasteiger partial charge in [-0.05, 0) is 38.0 Å². The number of aliphatic hydroxyl groups is 1. The summed E-state index contributed by atoms with van der Waals surface area (Å²) in [6, 6.07) is 11.8. The van der Waals surface area contributed by atoms with Gasteiger partial charge < -0.3 is 15.7 Å². The van der Waals surface area contributed by atoms with Crippen LogP contribution in [0.5, 0.6) is 0 Å². The fourth-order valence-electron chi connectivity index (χ4n) is 3.77. The van der Waals surface area contributed by atoms with Crippen LogP contribution in [0, 0.1) is 5.92 Å². The van der Waals surface area contributed by atoms with Gasteiger partial charge in [-0.25, -0.2) is 4.68 Å². The molecule has 148 valence electrons. The summed E-state index contributed by atoms with van der Waals surface area (Å²) in [6.45, 7) is 1.96. The van der Waals surface area contributed by atoms with Crippen molar-refractivity contribution in [3.8, 4) is 11.3 Å². The maximum absolute atomic E-state index is 12.5. The minimum Gasteiger partial charge on any atom is -0.393 e. The Morgan fingerprint density at radius 1 is 1.11 bits per heavy atom. The molecule has 1 aromatic carbocycles. The molecule has 2 aliphatic rings. The topological polar surface area (TPSA) is 96.3 Å². The zero-order valence-electron chi connectivity index (χ0n) is 16.0. The van der Waals surface area contributed by atoms with Crippen molar-refractivity contribution in [2.75, 3.05) is 5.32 Å². The molecule has 4 rings (SSSR count). The minimum atomic E-state index is -0.680. The van der Waals surface area contributed by atoms with Gasteiger partial charge in [0.25, 0.3) is 0 Å². The van der Waals surface area contributed by atoms with Crippen molar-refractivity contribution in [1.29, 1.82) is 0 Å². The second-order valence-corrected chi connectivity index (χ2v) is 7.94. The molecule has 2 saturated carbocycles. The molecule has 1 aromatic heterocycles. The number of amides is 2. The third-order valence-electron chi connectivity index (χ3n) is 5.61. The van der Waals surface area contributed by atoms with E-state index in [9.17, 15) is 14.7 Å². The molecule has 7 nitrogen and oxygen atoms in total. The third-order valence-corrected chi connectivity index (χ3v) is 5.61. The van der Waals surface area contributed by atoms with E-state index in [1.54, 1.807) is 0 Å². The Morgan fingerprint density at radius 2 is 1.86 bits per heavy atom. The number of hydrogen-bond donors (Lipinski definition) is 3. The van der Waals surface area contributed by atoms with Crippen LogP contribution in [0.25, 0.3) is 11.3 Å². The quantitative estimate of drug-likeness (QED) is 0.708. The molecule has 28 heavy (non-hydrogen) atoms. The van der Waals surface area contributed by atoms with Crippen LogP contribution in [0.15, 0.2) is 36.4 Å². The summed E-state index contributed by atoms with van der Waals surface area (Å²) in [4.78, 5) is 24.8. The average Bonchev–Trinajstić information content (AvgIpc) is 3.46. The summed E-state index contributed by atoms with van der Waals surface area (Å²) in [6.07, 6.45) is 3.72. The molecule has 0 spiro atoms. The van der Waals surface area contributed by atoms with E-state index >= 15 is 0 Å². The number of benzene rings is 1. The maximum Gasteiger partial charge on any atom is 0.314 e. The van der Waals surface area contributed by atoms with Gasteiger partial charge in [0.2, 0.25) is 0 Å². The summed E-state index contributed by atoms with van der Waals surface area (Å²) in [5.41, 5.74) is 1.75. The van der Waals surface area contributed by atoms with Crippen LogP contribution in [0.1, 0.15) is 45.1 Å².